The lowest BCUT2D eigenvalue weighted by Gasteiger charge is -2.19. The number of ether oxygens (including phenoxy) is 2. The van der Waals surface area contributed by atoms with E-state index in [2.05, 4.69) is 5.32 Å². The molecule has 1 amide bonds. The number of benzene rings is 2. The highest BCUT2D eigenvalue weighted by Gasteiger charge is 2.20. The van der Waals surface area contributed by atoms with Gasteiger partial charge in [-0.1, -0.05) is 12.8 Å². The third-order valence-electron chi connectivity index (χ3n) is 4.13. The zero-order chi connectivity index (χ0) is 17.5. The summed E-state index contributed by atoms with van der Waals surface area (Å²) in [6.07, 6.45) is 4.32. The Morgan fingerprint density at radius 2 is 1.56 bits per heavy atom. The van der Waals surface area contributed by atoms with Crippen molar-refractivity contribution in [1.29, 1.82) is 0 Å². The Balaban J connectivity index is 1.60. The largest absolute Gasteiger partial charge is 0.497 e. The average Bonchev–Trinajstić information content (AvgIpc) is 2.63. The lowest BCUT2D eigenvalue weighted by atomic mass is 10.1. The van der Waals surface area contributed by atoms with Crippen molar-refractivity contribution in [2.45, 2.75) is 35.8 Å². The zero-order valence-electron chi connectivity index (χ0n) is 14.4. The van der Waals surface area contributed by atoms with E-state index in [9.17, 15) is 4.79 Å². The summed E-state index contributed by atoms with van der Waals surface area (Å²) in [4.78, 5) is 13.3. The maximum atomic E-state index is 12.2. The molecule has 2 aromatic carbocycles. The Kier molecular flexibility index (Phi) is 6.23. The normalized spacial score (nSPS) is 18.0. The minimum Gasteiger partial charge on any atom is -0.497 e. The molecule has 3 rings (SSSR count). The SMILES string of the molecule is COc1ccc(Oc2ccc(SC3CCCCCNC3=O)cc2)cc1. The Hall–Kier alpha value is -2.14. The van der Waals surface area contributed by atoms with Crippen LogP contribution in [0.3, 0.4) is 0 Å². The molecule has 132 valence electrons. The second-order valence-electron chi connectivity index (χ2n) is 6.00. The van der Waals surface area contributed by atoms with Crippen molar-refractivity contribution in [2.24, 2.45) is 0 Å². The van der Waals surface area contributed by atoms with Crippen LogP contribution in [-0.4, -0.2) is 24.8 Å². The number of hydrogen-bond acceptors (Lipinski definition) is 4. The maximum absolute atomic E-state index is 12.2. The molecule has 0 saturated carbocycles. The first-order chi connectivity index (χ1) is 12.2. The van der Waals surface area contributed by atoms with E-state index in [1.54, 1.807) is 18.9 Å². The Morgan fingerprint density at radius 1 is 0.920 bits per heavy atom. The molecule has 4 nitrogen and oxygen atoms in total. The Labute approximate surface area is 152 Å². The average molecular weight is 357 g/mol. The van der Waals surface area contributed by atoms with Crippen molar-refractivity contribution in [3.05, 3.63) is 48.5 Å². The molecular weight excluding hydrogens is 334 g/mol. The number of rotatable bonds is 5. The lowest BCUT2D eigenvalue weighted by molar-refractivity contribution is -0.120. The van der Waals surface area contributed by atoms with Crippen molar-refractivity contribution < 1.29 is 14.3 Å². The van der Waals surface area contributed by atoms with Crippen LogP contribution in [0.1, 0.15) is 25.7 Å². The van der Waals surface area contributed by atoms with Gasteiger partial charge in [0.25, 0.3) is 0 Å². The molecule has 1 aliphatic heterocycles. The van der Waals surface area contributed by atoms with E-state index in [-0.39, 0.29) is 11.2 Å². The molecule has 25 heavy (non-hydrogen) atoms. The quantitative estimate of drug-likeness (QED) is 0.847. The monoisotopic (exact) mass is 357 g/mol. The molecule has 1 unspecified atom stereocenters. The highest BCUT2D eigenvalue weighted by molar-refractivity contribution is 8.00. The molecule has 0 aliphatic carbocycles. The van der Waals surface area contributed by atoms with Crippen molar-refractivity contribution in [3.8, 4) is 17.2 Å². The topological polar surface area (TPSA) is 47.6 Å². The third kappa shape index (κ3) is 5.16. The third-order valence-corrected chi connectivity index (χ3v) is 5.41. The second-order valence-corrected chi connectivity index (χ2v) is 7.27. The maximum Gasteiger partial charge on any atom is 0.233 e. The summed E-state index contributed by atoms with van der Waals surface area (Å²) in [5.74, 6) is 2.50. The van der Waals surface area contributed by atoms with Gasteiger partial charge in [-0.25, -0.2) is 0 Å². The van der Waals surface area contributed by atoms with Gasteiger partial charge in [-0.15, -0.1) is 11.8 Å². The van der Waals surface area contributed by atoms with Crippen molar-refractivity contribution in [3.63, 3.8) is 0 Å². The number of carbonyl (C=O) groups is 1. The minimum absolute atomic E-state index is 0.00587. The van der Waals surface area contributed by atoms with E-state index >= 15 is 0 Å². The second kappa shape index (κ2) is 8.81. The molecule has 0 radical (unpaired) electrons. The van der Waals surface area contributed by atoms with Crippen LogP contribution in [0.5, 0.6) is 17.2 Å². The molecule has 5 heteroatoms. The minimum atomic E-state index is -0.00587. The Bertz CT molecular complexity index is 685. The summed E-state index contributed by atoms with van der Waals surface area (Å²) >= 11 is 1.63. The van der Waals surface area contributed by atoms with Gasteiger partial charge in [0.1, 0.15) is 17.2 Å². The molecule has 1 heterocycles. The lowest BCUT2D eigenvalue weighted by Crippen LogP contribution is -2.34. The van der Waals surface area contributed by atoms with Crippen molar-refractivity contribution in [2.75, 3.05) is 13.7 Å². The van der Waals surface area contributed by atoms with Crippen molar-refractivity contribution in [1.82, 2.24) is 5.32 Å². The molecule has 1 saturated heterocycles. The summed E-state index contributed by atoms with van der Waals surface area (Å²) in [6.45, 7) is 0.796. The van der Waals surface area contributed by atoms with E-state index < -0.39 is 0 Å². The Morgan fingerprint density at radius 3 is 2.24 bits per heavy atom. The van der Waals surface area contributed by atoms with Crippen LogP contribution in [0.15, 0.2) is 53.4 Å². The predicted molar refractivity (Wildman–Crippen MR) is 101 cm³/mol. The number of methoxy groups -OCH3 is 1. The molecule has 1 fully saturated rings. The van der Waals surface area contributed by atoms with Gasteiger partial charge in [0.05, 0.1) is 12.4 Å². The molecule has 1 atom stereocenters. The summed E-state index contributed by atoms with van der Waals surface area (Å²) < 4.78 is 11.0. The van der Waals surface area contributed by atoms with Crippen LogP contribution in [0.2, 0.25) is 0 Å². The van der Waals surface area contributed by atoms with Gasteiger partial charge in [0.15, 0.2) is 0 Å². The molecule has 0 aromatic heterocycles. The van der Waals surface area contributed by atoms with E-state index in [0.717, 1.165) is 48.0 Å². The van der Waals surface area contributed by atoms with Gasteiger partial charge in [-0.3, -0.25) is 4.79 Å². The van der Waals surface area contributed by atoms with E-state index in [0.29, 0.717) is 0 Å². The molecule has 1 aliphatic rings. The number of carbonyl (C=O) groups excluding carboxylic acids is 1. The van der Waals surface area contributed by atoms with Gasteiger partial charge in [0.2, 0.25) is 5.91 Å². The van der Waals surface area contributed by atoms with Gasteiger partial charge >= 0.3 is 0 Å². The van der Waals surface area contributed by atoms with E-state index in [1.807, 2.05) is 48.5 Å². The fraction of sp³-hybridized carbons (Fsp3) is 0.350. The highest BCUT2D eigenvalue weighted by atomic mass is 32.2. The standard InChI is InChI=1S/C20H23NO3S/c1-23-15-6-8-16(9-7-15)24-17-10-12-18(13-11-17)25-19-5-3-2-4-14-21-20(19)22/h6-13,19H,2-5,14H2,1H3,(H,21,22). The first-order valence-electron chi connectivity index (χ1n) is 8.61. The number of nitrogens with one attached hydrogen (secondary N) is 1. The fourth-order valence-electron chi connectivity index (χ4n) is 2.73. The summed E-state index contributed by atoms with van der Waals surface area (Å²) in [6, 6.07) is 15.4. The van der Waals surface area contributed by atoms with Crippen LogP contribution in [0.25, 0.3) is 0 Å². The van der Waals surface area contributed by atoms with Crippen LogP contribution in [-0.2, 0) is 4.79 Å². The van der Waals surface area contributed by atoms with E-state index in [1.165, 1.54) is 6.42 Å². The summed E-state index contributed by atoms with van der Waals surface area (Å²) in [5, 5.41) is 3.01. The number of amides is 1. The fourth-order valence-corrected chi connectivity index (χ4v) is 3.83. The smallest absolute Gasteiger partial charge is 0.233 e. The molecule has 0 spiro atoms. The molecule has 1 N–H and O–H groups in total. The van der Waals surface area contributed by atoms with Crippen LogP contribution in [0.4, 0.5) is 0 Å². The van der Waals surface area contributed by atoms with Gasteiger partial charge in [0, 0.05) is 11.4 Å². The van der Waals surface area contributed by atoms with Gasteiger partial charge in [-0.2, -0.15) is 0 Å². The van der Waals surface area contributed by atoms with E-state index in [4.69, 9.17) is 9.47 Å². The van der Waals surface area contributed by atoms with Crippen molar-refractivity contribution >= 4 is 17.7 Å². The number of thioether (sulfide) groups is 1. The molecular formula is C20H23NO3S. The first kappa shape index (κ1) is 17.7. The van der Waals surface area contributed by atoms with Crippen LogP contribution in [0, 0.1) is 0 Å². The number of hydrogen-bond donors (Lipinski definition) is 1. The first-order valence-corrected chi connectivity index (χ1v) is 9.49. The highest BCUT2D eigenvalue weighted by Crippen LogP contribution is 2.31. The van der Waals surface area contributed by atoms with Gasteiger partial charge < -0.3 is 14.8 Å². The summed E-state index contributed by atoms with van der Waals surface area (Å²) in [5.41, 5.74) is 0. The van der Waals surface area contributed by atoms with Gasteiger partial charge in [-0.05, 0) is 61.4 Å². The molecule has 2 aromatic rings. The zero-order valence-corrected chi connectivity index (χ0v) is 15.2. The summed E-state index contributed by atoms with van der Waals surface area (Å²) in [7, 11) is 1.64. The predicted octanol–water partition coefficient (Wildman–Crippen LogP) is 4.64. The molecule has 0 bridgehead atoms. The van der Waals surface area contributed by atoms with Crippen LogP contribution >= 0.6 is 11.8 Å². The van der Waals surface area contributed by atoms with Crippen LogP contribution < -0.4 is 14.8 Å².